The van der Waals surface area contributed by atoms with E-state index in [-0.39, 0.29) is 18.4 Å². The van der Waals surface area contributed by atoms with Gasteiger partial charge in [-0.25, -0.2) is 0 Å². The summed E-state index contributed by atoms with van der Waals surface area (Å²) >= 11 is 0. The summed E-state index contributed by atoms with van der Waals surface area (Å²) in [6.45, 7) is 1.90. The van der Waals surface area contributed by atoms with Gasteiger partial charge in [0.1, 0.15) is 5.75 Å². The van der Waals surface area contributed by atoms with Gasteiger partial charge in [0.15, 0.2) is 0 Å². The first-order chi connectivity index (χ1) is 8.63. The largest absolute Gasteiger partial charge is 0.496 e. The molecule has 0 aliphatic carbocycles. The maximum atomic E-state index is 11.3. The van der Waals surface area contributed by atoms with Crippen molar-refractivity contribution in [2.45, 2.75) is 13.3 Å². The molecule has 0 aliphatic rings. The Balaban J connectivity index is 2.33. The molecular formula is C13H18N2O3. The SMILES string of the molecule is COc1ccccc1CCNC(=O)CNC(C)=O. The van der Waals surface area contributed by atoms with E-state index in [0.717, 1.165) is 11.3 Å². The van der Waals surface area contributed by atoms with E-state index < -0.39 is 0 Å². The van der Waals surface area contributed by atoms with Gasteiger partial charge in [0.05, 0.1) is 13.7 Å². The molecule has 0 fully saturated rings. The smallest absolute Gasteiger partial charge is 0.239 e. The van der Waals surface area contributed by atoms with Crippen LogP contribution in [0.1, 0.15) is 12.5 Å². The van der Waals surface area contributed by atoms with Crippen molar-refractivity contribution in [1.29, 1.82) is 0 Å². The standard InChI is InChI=1S/C13H18N2O3/c1-10(16)15-9-13(17)14-8-7-11-5-3-4-6-12(11)18-2/h3-6H,7-9H2,1-2H3,(H,14,17)(H,15,16). The third kappa shape index (κ3) is 4.86. The van der Waals surface area contributed by atoms with Gasteiger partial charge in [-0.3, -0.25) is 9.59 Å². The number of carbonyl (C=O) groups is 2. The second kappa shape index (κ2) is 7.32. The van der Waals surface area contributed by atoms with Crippen molar-refractivity contribution in [2.24, 2.45) is 0 Å². The lowest BCUT2D eigenvalue weighted by atomic mass is 10.1. The van der Waals surface area contributed by atoms with Crippen LogP contribution in [0.5, 0.6) is 5.75 Å². The Hall–Kier alpha value is -2.04. The molecule has 0 bridgehead atoms. The number of hydrogen-bond acceptors (Lipinski definition) is 3. The second-order valence-corrected chi connectivity index (χ2v) is 3.82. The minimum atomic E-state index is -0.213. The number of carbonyl (C=O) groups excluding carboxylic acids is 2. The molecule has 0 spiro atoms. The van der Waals surface area contributed by atoms with Crippen LogP contribution in [0.25, 0.3) is 0 Å². The Labute approximate surface area is 107 Å². The maximum absolute atomic E-state index is 11.3. The first-order valence-electron chi connectivity index (χ1n) is 5.76. The van der Waals surface area contributed by atoms with Gasteiger partial charge in [0.25, 0.3) is 0 Å². The van der Waals surface area contributed by atoms with Crippen LogP contribution in [0.2, 0.25) is 0 Å². The highest BCUT2D eigenvalue weighted by Gasteiger charge is 2.04. The van der Waals surface area contributed by atoms with Gasteiger partial charge < -0.3 is 15.4 Å². The van der Waals surface area contributed by atoms with Crippen LogP contribution in [0.3, 0.4) is 0 Å². The van der Waals surface area contributed by atoms with Crippen molar-refractivity contribution in [3.63, 3.8) is 0 Å². The third-order valence-corrected chi connectivity index (χ3v) is 2.41. The van der Waals surface area contributed by atoms with E-state index in [1.165, 1.54) is 6.92 Å². The Kier molecular flexibility index (Phi) is 5.70. The summed E-state index contributed by atoms with van der Waals surface area (Å²) in [5.41, 5.74) is 1.04. The van der Waals surface area contributed by atoms with Crippen LogP contribution in [0.4, 0.5) is 0 Å². The Morgan fingerprint density at radius 3 is 2.61 bits per heavy atom. The fourth-order valence-corrected chi connectivity index (χ4v) is 1.51. The van der Waals surface area contributed by atoms with E-state index in [1.54, 1.807) is 7.11 Å². The molecule has 18 heavy (non-hydrogen) atoms. The van der Waals surface area contributed by atoms with Gasteiger partial charge in [-0.1, -0.05) is 18.2 Å². The summed E-state index contributed by atoms with van der Waals surface area (Å²) in [7, 11) is 1.62. The van der Waals surface area contributed by atoms with Crippen LogP contribution in [0.15, 0.2) is 24.3 Å². The van der Waals surface area contributed by atoms with Gasteiger partial charge in [-0.15, -0.1) is 0 Å². The normalized spacial score (nSPS) is 9.67. The molecule has 0 radical (unpaired) electrons. The average molecular weight is 250 g/mol. The Morgan fingerprint density at radius 2 is 1.94 bits per heavy atom. The molecule has 1 aromatic carbocycles. The fraction of sp³-hybridized carbons (Fsp3) is 0.385. The number of para-hydroxylation sites is 1. The summed E-state index contributed by atoms with van der Waals surface area (Å²) in [5.74, 6) is 0.406. The zero-order chi connectivity index (χ0) is 13.4. The molecule has 0 aromatic heterocycles. The van der Waals surface area contributed by atoms with Crippen molar-refractivity contribution in [1.82, 2.24) is 10.6 Å². The predicted molar refractivity (Wildman–Crippen MR) is 68.4 cm³/mol. The maximum Gasteiger partial charge on any atom is 0.239 e. The lowest BCUT2D eigenvalue weighted by Crippen LogP contribution is -2.36. The predicted octanol–water partition coefficient (Wildman–Crippen LogP) is 0.490. The van der Waals surface area contributed by atoms with E-state index in [2.05, 4.69) is 10.6 Å². The van der Waals surface area contributed by atoms with Crippen molar-refractivity contribution in [3.8, 4) is 5.75 Å². The summed E-state index contributed by atoms with van der Waals surface area (Å²) in [6, 6.07) is 7.67. The Morgan fingerprint density at radius 1 is 1.22 bits per heavy atom. The lowest BCUT2D eigenvalue weighted by Gasteiger charge is -2.09. The molecule has 1 aromatic rings. The van der Waals surface area contributed by atoms with Crippen LogP contribution >= 0.6 is 0 Å². The lowest BCUT2D eigenvalue weighted by molar-refractivity contribution is -0.125. The molecule has 0 atom stereocenters. The van der Waals surface area contributed by atoms with Crippen molar-refractivity contribution in [3.05, 3.63) is 29.8 Å². The van der Waals surface area contributed by atoms with Crippen molar-refractivity contribution < 1.29 is 14.3 Å². The zero-order valence-corrected chi connectivity index (χ0v) is 10.7. The first-order valence-corrected chi connectivity index (χ1v) is 5.76. The van der Waals surface area contributed by atoms with E-state index in [9.17, 15) is 9.59 Å². The van der Waals surface area contributed by atoms with Crippen LogP contribution in [0, 0.1) is 0 Å². The molecule has 0 aliphatic heterocycles. The molecule has 98 valence electrons. The van der Waals surface area contributed by atoms with E-state index in [4.69, 9.17) is 4.74 Å². The van der Waals surface area contributed by atoms with Crippen LogP contribution < -0.4 is 15.4 Å². The topological polar surface area (TPSA) is 67.4 Å². The Bertz CT molecular complexity index is 418. The molecule has 0 heterocycles. The molecule has 0 unspecified atom stereocenters. The van der Waals surface area contributed by atoms with E-state index >= 15 is 0 Å². The molecular weight excluding hydrogens is 232 g/mol. The fourth-order valence-electron chi connectivity index (χ4n) is 1.51. The molecule has 5 heteroatoms. The number of amides is 2. The van der Waals surface area contributed by atoms with Gasteiger partial charge in [0, 0.05) is 13.5 Å². The average Bonchev–Trinajstić information content (AvgIpc) is 2.37. The van der Waals surface area contributed by atoms with Crippen LogP contribution in [-0.4, -0.2) is 32.0 Å². The summed E-state index contributed by atoms with van der Waals surface area (Å²) in [5, 5.41) is 5.17. The molecule has 0 saturated carbocycles. The van der Waals surface area contributed by atoms with Gasteiger partial charge in [-0.2, -0.15) is 0 Å². The number of benzene rings is 1. The highest BCUT2D eigenvalue weighted by molar-refractivity contribution is 5.83. The van der Waals surface area contributed by atoms with E-state index in [0.29, 0.717) is 13.0 Å². The molecule has 5 nitrogen and oxygen atoms in total. The minimum Gasteiger partial charge on any atom is -0.496 e. The number of nitrogens with one attached hydrogen (secondary N) is 2. The quantitative estimate of drug-likeness (QED) is 0.772. The molecule has 2 N–H and O–H groups in total. The highest BCUT2D eigenvalue weighted by atomic mass is 16.5. The molecule has 0 saturated heterocycles. The number of methoxy groups -OCH3 is 1. The monoisotopic (exact) mass is 250 g/mol. The first kappa shape index (κ1) is 14.0. The summed E-state index contributed by atoms with van der Waals surface area (Å²) < 4.78 is 5.21. The van der Waals surface area contributed by atoms with Gasteiger partial charge >= 0.3 is 0 Å². The number of rotatable bonds is 6. The van der Waals surface area contributed by atoms with Gasteiger partial charge in [-0.05, 0) is 18.1 Å². The van der Waals surface area contributed by atoms with Crippen molar-refractivity contribution >= 4 is 11.8 Å². The molecule has 1 rings (SSSR count). The second-order valence-electron chi connectivity index (χ2n) is 3.82. The summed E-state index contributed by atoms with van der Waals surface area (Å²) in [4.78, 5) is 22.0. The molecule has 2 amide bonds. The number of ether oxygens (including phenoxy) is 1. The van der Waals surface area contributed by atoms with E-state index in [1.807, 2.05) is 24.3 Å². The highest BCUT2D eigenvalue weighted by Crippen LogP contribution is 2.16. The zero-order valence-electron chi connectivity index (χ0n) is 10.7. The van der Waals surface area contributed by atoms with Crippen molar-refractivity contribution in [2.75, 3.05) is 20.2 Å². The minimum absolute atomic E-state index is 0.0151. The van der Waals surface area contributed by atoms with Crippen LogP contribution in [-0.2, 0) is 16.0 Å². The summed E-state index contributed by atoms with van der Waals surface area (Å²) in [6.07, 6.45) is 0.690. The van der Waals surface area contributed by atoms with Gasteiger partial charge in [0.2, 0.25) is 11.8 Å². The third-order valence-electron chi connectivity index (χ3n) is 2.41. The number of hydrogen-bond donors (Lipinski definition) is 2.